The first-order chi connectivity index (χ1) is 15.9. The second kappa shape index (κ2) is 10.0. The van der Waals surface area contributed by atoms with Crippen molar-refractivity contribution in [3.63, 3.8) is 0 Å². The summed E-state index contributed by atoms with van der Waals surface area (Å²) in [5.74, 6) is -0.349. The highest BCUT2D eigenvalue weighted by molar-refractivity contribution is 14.1. The smallest absolute Gasteiger partial charge is 0.264 e. The standard InChI is InChI=1S/C24H20IN3O3S2/c1-2-28(20-6-4-3-5-7-20)33(30,31)21-14-10-18(11-15-21)23(29)27-24-26-22(16-32-24)17-8-12-19(25)13-9-17/h3-16H,2H2,1H3,(H,26,27,29). The monoisotopic (exact) mass is 589 g/mol. The lowest BCUT2D eigenvalue weighted by molar-refractivity contribution is 0.102. The lowest BCUT2D eigenvalue weighted by Gasteiger charge is -2.22. The third kappa shape index (κ3) is 5.26. The van der Waals surface area contributed by atoms with Crippen molar-refractivity contribution in [1.82, 2.24) is 4.98 Å². The molecule has 1 heterocycles. The van der Waals surface area contributed by atoms with E-state index in [0.717, 1.165) is 14.8 Å². The van der Waals surface area contributed by atoms with Crippen LogP contribution in [0.4, 0.5) is 10.8 Å². The number of sulfonamides is 1. The molecule has 3 aromatic carbocycles. The number of para-hydroxylation sites is 1. The van der Waals surface area contributed by atoms with Crippen LogP contribution in [0.3, 0.4) is 0 Å². The first-order valence-corrected chi connectivity index (χ1v) is 13.5. The number of aromatic nitrogens is 1. The van der Waals surface area contributed by atoms with Crippen molar-refractivity contribution in [2.75, 3.05) is 16.2 Å². The van der Waals surface area contributed by atoms with Crippen molar-refractivity contribution in [1.29, 1.82) is 0 Å². The number of amides is 1. The third-order valence-electron chi connectivity index (χ3n) is 4.90. The lowest BCUT2D eigenvalue weighted by atomic mass is 10.2. The van der Waals surface area contributed by atoms with E-state index in [1.54, 1.807) is 31.2 Å². The Morgan fingerprint density at radius 1 is 1.00 bits per heavy atom. The molecular weight excluding hydrogens is 569 g/mol. The van der Waals surface area contributed by atoms with Crippen molar-refractivity contribution >= 4 is 60.7 Å². The number of benzene rings is 3. The minimum atomic E-state index is -3.75. The quantitative estimate of drug-likeness (QED) is 0.273. The summed E-state index contributed by atoms with van der Waals surface area (Å²) in [5, 5.41) is 5.15. The van der Waals surface area contributed by atoms with Crippen molar-refractivity contribution in [2.24, 2.45) is 0 Å². The highest BCUT2D eigenvalue weighted by Gasteiger charge is 2.23. The summed E-state index contributed by atoms with van der Waals surface area (Å²) in [6, 6.07) is 22.8. The summed E-state index contributed by atoms with van der Waals surface area (Å²) >= 11 is 3.58. The van der Waals surface area contributed by atoms with Gasteiger partial charge < -0.3 is 0 Å². The number of anilines is 2. The zero-order valence-corrected chi connectivity index (χ0v) is 21.4. The van der Waals surface area contributed by atoms with Gasteiger partial charge in [0.25, 0.3) is 15.9 Å². The summed E-state index contributed by atoms with van der Waals surface area (Å²) in [6.45, 7) is 2.08. The molecule has 0 spiro atoms. The fraction of sp³-hybridized carbons (Fsp3) is 0.0833. The zero-order valence-electron chi connectivity index (χ0n) is 17.6. The molecule has 0 atom stereocenters. The molecule has 1 N–H and O–H groups in total. The SMILES string of the molecule is CCN(c1ccccc1)S(=O)(=O)c1ccc(C(=O)Nc2nc(-c3ccc(I)cc3)cs2)cc1. The largest absolute Gasteiger partial charge is 0.298 e. The van der Waals surface area contributed by atoms with Gasteiger partial charge in [0, 0.05) is 26.6 Å². The van der Waals surface area contributed by atoms with Crippen LogP contribution >= 0.6 is 33.9 Å². The minimum Gasteiger partial charge on any atom is -0.298 e. The van der Waals surface area contributed by atoms with Crippen LogP contribution in [0, 0.1) is 3.57 Å². The van der Waals surface area contributed by atoms with Crippen molar-refractivity contribution in [3.8, 4) is 11.3 Å². The van der Waals surface area contributed by atoms with E-state index >= 15 is 0 Å². The molecule has 0 aliphatic rings. The third-order valence-corrected chi connectivity index (χ3v) is 8.29. The van der Waals surface area contributed by atoms with Crippen LogP contribution in [-0.4, -0.2) is 25.9 Å². The van der Waals surface area contributed by atoms with E-state index in [2.05, 4.69) is 32.9 Å². The van der Waals surface area contributed by atoms with Gasteiger partial charge in [-0.05, 0) is 78.0 Å². The van der Waals surface area contributed by atoms with E-state index in [4.69, 9.17) is 0 Å². The maximum Gasteiger partial charge on any atom is 0.264 e. The van der Waals surface area contributed by atoms with Crippen LogP contribution in [0.2, 0.25) is 0 Å². The number of rotatable bonds is 7. The Morgan fingerprint density at radius 3 is 2.30 bits per heavy atom. The first kappa shape index (κ1) is 23.4. The van der Waals surface area contributed by atoms with E-state index in [-0.39, 0.29) is 10.8 Å². The van der Waals surface area contributed by atoms with Gasteiger partial charge in [-0.25, -0.2) is 13.4 Å². The molecule has 0 unspecified atom stereocenters. The van der Waals surface area contributed by atoms with Crippen LogP contribution in [0.25, 0.3) is 11.3 Å². The Bertz CT molecular complexity index is 1350. The molecule has 33 heavy (non-hydrogen) atoms. The van der Waals surface area contributed by atoms with Gasteiger partial charge in [0.1, 0.15) is 0 Å². The fourth-order valence-electron chi connectivity index (χ4n) is 3.24. The maximum absolute atomic E-state index is 13.1. The predicted octanol–water partition coefficient (Wildman–Crippen LogP) is 5.88. The second-order valence-electron chi connectivity index (χ2n) is 7.03. The van der Waals surface area contributed by atoms with Crippen molar-refractivity contribution in [3.05, 3.63) is 93.4 Å². The first-order valence-electron chi connectivity index (χ1n) is 10.1. The molecule has 0 radical (unpaired) electrons. The number of hydrogen-bond acceptors (Lipinski definition) is 5. The van der Waals surface area contributed by atoms with Gasteiger partial charge >= 0.3 is 0 Å². The predicted molar refractivity (Wildman–Crippen MR) is 141 cm³/mol. The second-order valence-corrected chi connectivity index (χ2v) is 11.0. The van der Waals surface area contributed by atoms with Gasteiger partial charge in [-0.15, -0.1) is 11.3 Å². The Morgan fingerprint density at radius 2 is 1.67 bits per heavy atom. The summed E-state index contributed by atoms with van der Waals surface area (Å²) in [4.78, 5) is 17.3. The van der Waals surface area contributed by atoms with Crippen LogP contribution < -0.4 is 9.62 Å². The number of hydrogen-bond donors (Lipinski definition) is 1. The molecule has 4 rings (SSSR count). The van der Waals surface area contributed by atoms with Gasteiger partial charge in [0.15, 0.2) is 5.13 Å². The summed E-state index contributed by atoms with van der Waals surface area (Å²) in [6.07, 6.45) is 0. The molecule has 0 saturated heterocycles. The normalized spacial score (nSPS) is 11.2. The number of halogens is 1. The average Bonchev–Trinajstić information content (AvgIpc) is 3.29. The number of carbonyl (C=O) groups excluding carboxylic acids is 1. The van der Waals surface area contributed by atoms with Crippen molar-refractivity contribution in [2.45, 2.75) is 11.8 Å². The summed E-state index contributed by atoms with van der Waals surface area (Å²) in [5.41, 5.74) is 2.70. The highest BCUT2D eigenvalue weighted by Crippen LogP contribution is 2.27. The van der Waals surface area contributed by atoms with Crippen LogP contribution in [-0.2, 0) is 10.0 Å². The molecule has 0 aliphatic carbocycles. The molecular formula is C24H20IN3O3S2. The van der Waals surface area contributed by atoms with Crippen LogP contribution in [0.15, 0.2) is 89.1 Å². The summed E-state index contributed by atoms with van der Waals surface area (Å²) < 4.78 is 28.7. The lowest BCUT2D eigenvalue weighted by Crippen LogP contribution is -2.30. The van der Waals surface area contributed by atoms with Gasteiger partial charge in [-0.3, -0.25) is 14.4 Å². The fourth-order valence-corrected chi connectivity index (χ4v) is 5.79. The highest BCUT2D eigenvalue weighted by atomic mass is 127. The van der Waals surface area contributed by atoms with E-state index in [1.807, 2.05) is 35.7 Å². The molecule has 9 heteroatoms. The molecule has 168 valence electrons. The molecule has 4 aromatic rings. The Labute approximate surface area is 210 Å². The Balaban J connectivity index is 1.49. The number of carbonyl (C=O) groups is 1. The van der Waals surface area contributed by atoms with E-state index in [0.29, 0.717) is 22.9 Å². The molecule has 0 bridgehead atoms. The Hall–Kier alpha value is -2.76. The van der Waals surface area contributed by atoms with E-state index < -0.39 is 10.0 Å². The molecule has 0 fully saturated rings. The average molecular weight is 589 g/mol. The van der Waals surface area contributed by atoms with Gasteiger partial charge in [0.05, 0.1) is 16.3 Å². The molecule has 1 amide bonds. The van der Waals surface area contributed by atoms with E-state index in [1.165, 1.54) is 39.9 Å². The number of thiazole rings is 1. The maximum atomic E-state index is 13.1. The zero-order chi connectivity index (χ0) is 23.4. The van der Waals surface area contributed by atoms with Crippen LogP contribution in [0.5, 0.6) is 0 Å². The number of nitrogens with zero attached hydrogens (tertiary/aromatic N) is 2. The summed E-state index contributed by atoms with van der Waals surface area (Å²) in [7, 11) is -3.75. The minimum absolute atomic E-state index is 0.125. The van der Waals surface area contributed by atoms with E-state index in [9.17, 15) is 13.2 Å². The number of nitrogens with one attached hydrogen (secondary N) is 1. The van der Waals surface area contributed by atoms with Gasteiger partial charge in [0.2, 0.25) is 0 Å². The molecule has 1 aromatic heterocycles. The Kier molecular flexibility index (Phi) is 7.11. The van der Waals surface area contributed by atoms with Gasteiger partial charge in [-0.1, -0.05) is 30.3 Å². The van der Waals surface area contributed by atoms with Crippen LogP contribution in [0.1, 0.15) is 17.3 Å². The topological polar surface area (TPSA) is 79.4 Å². The van der Waals surface area contributed by atoms with Gasteiger partial charge in [-0.2, -0.15) is 0 Å². The molecule has 6 nitrogen and oxygen atoms in total. The molecule has 0 saturated carbocycles. The van der Waals surface area contributed by atoms with Crippen molar-refractivity contribution < 1.29 is 13.2 Å². The molecule has 0 aliphatic heterocycles.